The molecule has 0 atom stereocenters. The third kappa shape index (κ3) is 5.43. The van der Waals surface area contributed by atoms with Crippen LogP contribution in [-0.4, -0.2) is 51.7 Å². The second-order valence-corrected chi connectivity index (χ2v) is 7.82. The van der Waals surface area contributed by atoms with E-state index in [1.54, 1.807) is 4.90 Å². The van der Waals surface area contributed by atoms with E-state index in [0.717, 1.165) is 29.9 Å². The summed E-state index contributed by atoms with van der Waals surface area (Å²) in [6, 6.07) is 7.66. The first-order chi connectivity index (χ1) is 13.6. The maximum Gasteiger partial charge on any atom is 0.436 e. The Morgan fingerprint density at radius 2 is 1.72 bits per heavy atom. The summed E-state index contributed by atoms with van der Waals surface area (Å²) in [5.74, 6) is -0.101. The van der Waals surface area contributed by atoms with Crippen molar-refractivity contribution in [3.05, 3.63) is 51.3 Å². The Labute approximate surface area is 177 Å². The molecule has 0 aliphatic carbocycles. The first-order valence-electron chi connectivity index (χ1n) is 9.20. The average molecular weight is 449 g/mol. The summed E-state index contributed by atoms with van der Waals surface area (Å²) >= 11 is 11.6. The Morgan fingerprint density at radius 1 is 1.10 bits per heavy atom. The zero-order valence-corrected chi connectivity index (χ0v) is 17.4. The molecule has 1 fully saturated rings. The monoisotopic (exact) mass is 448 g/mol. The van der Waals surface area contributed by atoms with E-state index >= 15 is 0 Å². The number of amides is 1. The summed E-state index contributed by atoms with van der Waals surface area (Å²) in [7, 11) is 0. The van der Waals surface area contributed by atoms with E-state index in [4.69, 9.17) is 23.2 Å². The highest BCUT2D eigenvalue weighted by Crippen LogP contribution is 2.35. The lowest BCUT2D eigenvalue weighted by atomic mass is 10.2. The van der Waals surface area contributed by atoms with Crippen molar-refractivity contribution in [2.75, 3.05) is 26.2 Å². The van der Waals surface area contributed by atoms with Crippen LogP contribution in [0.3, 0.4) is 0 Å². The molecular weight excluding hydrogens is 428 g/mol. The maximum absolute atomic E-state index is 12.9. The van der Waals surface area contributed by atoms with Gasteiger partial charge in [-0.2, -0.15) is 18.3 Å². The van der Waals surface area contributed by atoms with Crippen LogP contribution in [0.1, 0.15) is 23.4 Å². The molecule has 10 heteroatoms. The van der Waals surface area contributed by atoms with E-state index in [0.29, 0.717) is 18.1 Å². The van der Waals surface area contributed by atoms with E-state index in [9.17, 15) is 18.0 Å². The van der Waals surface area contributed by atoms with Crippen LogP contribution in [0, 0.1) is 6.92 Å². The fourth-order valence-corrected chi connectivity index (χ4v) is 3.65. The number of carbonyl (C=O) groups is 1. The van der Waals surface area contributed by atoms with Crippen molar-refractivity contribution < 1.29 is 18.0 Å². The molecule has 158 valence electrons. The molecule has 1 amide bonds. The van der Waals surface area contributed by atoms with Crippen LogP contribution in [0.4, 0.5) is 13.2 Å². The number of hydrogen-bond acceptors (Lipinski definition) is 3. The summed E-state index contributed by atoms with van der Waals surface area (Å²) in [4.78, 5) is 16.5. The van der Waals surface area contributed by atoms with Crippen molar-refractivity contribution in [1.29, 1.82) is 0 Å². The molecule has 0 unspecified atom stereocenters. The molecule has 0 radical (unpaired) electrons. The predicted molar refractivity (Wildman–Crippen MR) is 105 cm³/mol. The minimum atomic E-state index is -4.61. The largest absolute Gasteiger partial charge is 0.436 e. The Hall–Kier alpha value is -1.77. The van der Waals surface area contributed by atoms with E-state index in [1.807, 2.05) is 24.3 Å². The number of halogens is 5. The molecule has 2 aromatic rings. The minimum Gasteiger partial charge on any atom is -0.340 e. The molecular formula is C19H21Cl2F3N4O. The van der Waals surface area contributed by atoms with E-state index < -0.39 is 16.9 Å². The number of hydrogen-bond donors (Lipinski definition) is 0. The molecule has 1 aromatic carbocycles. The molecule has 0 spiro atoms. The minimum absolute atomic E-state index is 0.0610. The molecule has 2 heterocycles. The van der Waals surface area contributed by atoms with Gasteiger partial charge < -0.3 is 4.90 Å². The van der Waals surface area contributed by atoms with Gasteiger partial charge in [0, 0.05) is 44.2 Å². The Bertz CT molecular complexity index is 860. The van der Waals surface area contributed by atoms with Crippen molar-refractivity contribution in [2.45, 2.75) is 32.6 Å². The van der Waals surface area contributed by atoms with Crippen LogP contribution in [0.25, 0.3) is 0 Å². The fraction of sp³-hybridized carbons (Fsp3) is 0.474. The standard InChI is InChI=1S/C19H21Cl2F3N4O/c1-13-17(21)18(19(22,23)24)25-28(13)7-6-16(29)27-10-8-26(9-11-27)12-14-2-4-15(20)5-3-14/h2-5H,6-12H2,1H3. The number of carbonyl (C=O) groups excluding carboxylic acids is 1. The molecule has 1 aliphatic heterocycles. The molecule has 1 aromatic heterocycles. The van der Waals surface area contributed by atoms with Gasteiger partial charge in [-0.15, -0.1) is 0 Å². The van der Waals surface area contributed by atoms with Crippen LogP contribution >= 0.6 is 23.2 Å². The highest BCUT2D eigenvalue weighted by molar-refractivity contribution is 6.32. The van der Waals surface area contributed by atoms with Crippen molar-refractivity contribution in [3.63, 3.8) is 0 Å². The topological polar surface area (TPSA) is 41.4 Å². The van der Waals surface area contributed by atoms with Crippen molar-refractivity contribution in [1.82, 2.24) is 19.6 Å². The number of aryl methyl sites for hydroxylation is 1. The maximum atomic E-state index is 12.9. The third-order valence-electron chi connectivity index (χ3n) is 4.98. The van der Waals surface area contributed by atoms with Gasteiger partial charge in [-0.3, -0.25) is 14.4 Å². The molecule has 0 saturated carbocycles. The molecule has 29 heavy (non-hydrogen) atoms. The first-order valence-corrected chi connectivity index (χ1v) is 9.95. The van der Waals surface area contributed by atoms with Crippen LogP contribution in [0.5, 0.6) is 0 Å². The van der Waals surface area contributed by atoms with Crippen molar-refractivity contribution in [2.24, 2.45) is 0 Å². The number of piperazine rings is 1. The van der Waals surface area contributed by atoms with Gasteiger partial charge in [-0.05, 0) is 24.6 Å². The number of benzene rings is 1. The average Bonchev–Trinajstić information content (AvgIpc) is 2.97. The van der Waals surface area contributed by atoms with Gasteiger partial charge in [0.25, 0.3) is 0 Å². The predicted octanol–water partition coefficient (Wildman–Crippen LogP) is 4.25. The summed E-state index contributed by atoms with van der Waals surface area (Å²) in [5, 5.41) is 3.81. The summed E-state index contributed by atoms with van der Waals surface area (Å²) < 4.78 is 39.8. The Balaban J connectivity index is 1.49. The number of aromatic nitrogens is 2. The lowest BCUT2D eigenvalue weighted by molar-refractivity contribution is -0.141. The van der Waals surface area contributed by atoms with E-state index in [2.05, 4.69) is 10.00 Å². The number of nitrogens with zero attached hydrogens (tertiary/aromatic N) is 4. The fourth-order valence-electron chi connectivity index (χ4n) is 3.29. The number of rotatable bonds is 5. The molecule has 3 rings (SSSR count). The Kier molecular flexibility index (Phi) is 6.76. The quantitative estimate of drug-likeness (QED) is 0.686. The molecule has 5 nitrogen and oxygen atoms in total. The van der Waals surface area contributed by atoms with Gasteiger partial charge >= 0.3 is 6.18 Å². The van der Waals surface area contributed by atoms with Gasteiger partial charge in [0.15, 0.2) is 5.69 Å². The van der Waals surface area contributed by atoms with Crippen LogP contribution in [-0.2, 0) is 24.1 Å². The summed E-state index contributed by atoms with van der Waals surface area (Å²) in [5.41, 5.74) is 0.250. The van der Waals surface area contributed by atoms with Gasteiger partial charge in [0.2, 0.25) is 5.91 Å². The second kappa shape index (κ2) is 8.93. The van der Waals surface area contributed by atoms with Gasteiger partial charge in [0.1, 0.15) is 0 Å². The first kappa shape index (κ1) is 21.9. The summed E-state index contributed by atoms with van der Waals surface area (Å²) in [6.07, 6.45) is -4.54. The zero-order chi connectivity index (χ0) is 21.2. The molecule has 1 aliphatic rings. The Morgan fingerprint density at radius 3 is 2.28 bits per heavy atom. The lowest BCUT2D eigenvalue weighted by Crippen LogP contribution is -2.48. The van der Waals surface area contributed by atoms with Gasteiger partial charge in [-0.25, -0.2) is 0 Å². The van der Waals surface area contributed by atoms with Crippen molar-refractivity contribution >= 4 is 29.1 Å². The van der Waals surface area contributed by atoms with E-state index in [1.165, 1.54) is 6.92 Å². The SMILES string of the molecule is Cc1c(Cl)c(C(F)(F)F)nn1CCC(=O)N1CCN(Cc2ccc(Cl)cc2)CC1. The lowest BCUT2D eigenvalue weighted by Gasteiger charge is -2.34. The van der Waals surface area contributed by atoms with Gasteiger partial charge in [0.05, 0.1) is 17.3 Å². The van der Waals surface area contributed by atoms with Crippen LogP contribution in [0.2, 0.25) is 10.0 Å². The highest BCUT2D eigenvalue weighted by atomic mass is 35.5. The molecule has 1 saturated heterocycles. The van der Waals surface area contributed by atoms with Crippen LogP contribution in [0.15, 0.2) is 24.3 Å². The third-order valence-corrected chi connectivity index (χ3v) is 5.69. The van der Waals surface area contributed by atoms with Crippen molar-refractivity contribution in [3.8, 4) is 0 Å². The highest BCUT2D eigenvalue weighted by Gasteiger charge is 2.38. The smallest absolute Gasteiger partial charge is 0.340 e. The normalized spacial score (nSPS) is 15.7. The zero-order valence-electron chi connectivity index (χ0n) is 15.8. The van der Waals surface area contributed by atoms with Crippen LogP contribution < -0.4 is 0 Å². The molecule has 0 N–H and O–H groups in total. The molecule has 0 bridgehead atoms. The van der Waals surface area contributed by atoms with Gasteiger partial charge in [-0.1, -0.05) is 35.3 Å². The number of alkyl halides is 3. The van der Waals surface area contributed by atoms with E-state index in [-0.39, 0.29) is 24.6 Å². The second-order valence-electron chi connectivity index (χ2n) is 7.00. The summed E-state index contributed by atoms with van der Waals surface area (Å²) in [6.45, 7) is 4.94.